The number of carboxylic acids is 1. The molecule has 0 fully saturated rings. The summed E-state index contributed by atoms with van der Waals surface area (Å²) in [7, 11) is 0. The molecule has 8 heteroatoms. The lowest BCUT2D eigenvalue weighted by molar-refractivity contribution is -0.147. The molecule has 2 aromatic carbocycles. The third-order valence-electron chi connectivity index (χ3n) is 3.01. The normalized spacial score (nSPS) is 10.1. The average molecular weight is 349 g/mol. The fourth-order valence-corrected chi connectivity index (χ4v) is 1.97. The zero-order chi connectivity index (χ0) is 17.7. The van der Waals surface area contributed by atoms with Gasteiger partial charge in [-0.1, -0.05) is 23.7 Å². The summed E-state index contributed by atoms with van der Waals surface area (Å²) in [5.41, 5.74) is 6.59. The summed E-state index contributed by atoms with van der Waals surface area (Å²) >= 11 is 5.82. The van der Waals surface area contributed by atoms with Crippen LogP contribution in [0.2, 0.25) is 5.02 Å². The SMILES string of the molecule is NCc1ccc(C(=O)Oc2ccc(Cl)cc2NC(=O)C(=O)O)cc1. The van der Waals surface area contributed by atoms with E-state index in [1.165, 1.54) is 18.2 Å². The summed E-state index contributed by atoms with van der Waals surface area (Å²) < 4.78 is 5.20. The molecular formula is C16H13ClN2O5. The van der Waals surface area contributed by atoms with Crippen molar-refractivity contribution in [2.75, 3.05) is 5.32 Å². The quantitative estimate of drug-likeness (QED) is 0.442. The van der Waals surface area contributed by atoms with Gasteiger partial charge < -0.3 is 20.9 Å². The molecule has 0 heterocycles. The fraction of sp³-hybridized carbons (Fsp3) is 0.0625. The number of ether oxygens (including phenoxy) is 1. The second-order valence-corrected chi connectivity index (χ2v) is 5.13. The highest BCUT2D eigenvalue weighted by atomic mass is 35.5. The second-order valence-electron chi connectivity index (χ2n) is 4.69. The maximum absolute atomic E-state index is 12.2. The van der Waals surface area contributed by atoms with Gasteiger partial charge in [0.2, 0.25) is 0 Å². The van der Waals surface area contributed by atoms with Crippen LogP contribution in [-0.2, 0) is 16.1 Å². The molecule has 124 valence electrons. The van der Waals surface area contributed by atoms with Gasteiger partial charge in [-0.3, -0.25) is 4.79 Å². The topological polar surface area (TPSA) is 119 Å². The van der Waals surface area contributed by atoms with E-state index in [-0.39, 0.29) is 22.0 Å². The molecule has 0 atom stereocenters. The van der Waals surface area contributed by atoms with Crippen LogP contribution in [0.3, 0.4) is 0 Å². The van der Waals surface area contributed by atoms with E-state index < -0.39 is 17.8 Å². The fourth-order valence-electron chi connectivity index (χ4n) is 1.80. The number of amides is 1. The van der Waals surface area contributed by atoms with E-state index in [4.69, 9.17) is 27.2 Å². The predicted molar refractivity (Wildman–Crippen MR) is 87.0 cm³/mol. The van der Waals surface area contributed by atoms with Crippen molar-refractivity contribution in [3.05, 3.63) is 58.6 Å². The number of benzene rings is 2. The van der Waals surface area contributed by atoms with Crippen molar-refractivity contribution < 1.29 is 24.2 Å². The van der Waals surface area contributed by atoms with Gasteiger partial charge in [0.1, 0.15) is 0 Å². The van der Waals surface area contributed by atoms with Gasteiger partial charge >= 0.3 is 17.8 Å². The Hall–Kier alpha value is -2.90. The molecule has 0 spiro atoms. The number of anilines is 1. The molecule has 0 aliphatic rings. The summed E-state index contributed by atoms with van der Waals surface area (Å²) in [6.07, 6.45) is 0. The lowest BCUT2D eigenvalue weighted by Crippen LogP contribution is -2.22. The summed E-state index contributed by atoms with van der Waals surface area (Å²) in [5, 5.41) is 11.0. The molecule has 24 heavy (non-hydrogen) atoms. The predicted octanol–water partition coefficient (Wildman–Crippen LogP) is 2.04. The van der Waals surface area contributed by atoms with Crippen molar-refractivity contribution in [2.45, 2.75) is 6.54 Å². The van der Waals surface area contributed by atoms with Crippen molar-refractivity contribution in [1.29, 1.82) is 0 Å². The average Bonchev–Trinajstić information content (AvgIpc) is 2.57. The lowest BCUT2D eigenvalue weighted by Gasteiger charge is -2.11. The first-order valence-corrected chi connectivity index (χ1v) is 7.13. The molecule has 1 amide bonds. The van der Waals surface area contributed by atoms with Crippen LogP contribution in [0.1, 0.15) is 15.9 Å². The van der Waals surface area contributed by atoms with Crippen molar-refractivity contribution >= 4 is 35.1 Å². The Balaban J connectivity index is 2.23. The standard InChI is InChI=1S/C16H13ClN2O5/c17-11-5-6-13(12(7-11)19-14(20)15(21)22)24-16(23)10-3-1-9(8-18)2-4-10/h1-7H,8,18H2,(H,19,20)(H,21,22). The minimum absolute atomic E-state index is 0.0260. The summed E-state index contributed by atoms with van der Waals surface area (Å²) in [6, 6.07) is 10.6. The number of halogens is 1. The monoisotopic (exact) mass is 348 g/mol. The molecule has 2 aromatic rings. The third kappa shape index (κ3) is 4.31. The number of nitrogens with one attached hydrogen (secondary N) is 1. The zero-order valence-corrected chi connectivity index (χ0v) is 13.0. The van der Waals surface area contributed by atoms with Crippen molar-refractivity contribution in [3.63, 3.8) is 0 Å². The lowest BCUT2D eigenvalue weighted by atomic mass is 10.1. The first kappa shape index (κ1) is 17.5. The Morgan fingerprint density at radius 2 is 1.79 bits per heavy atom. The van der Waals surface area contributed by atoms with E-state index in [9.17, 15) is 14.4 Å². The molecule has 0 unspecified atom stereocenters. The summed E-state index contributed by atoms with van der Waals surface area (Å²) in [4.78, 5) is 34.1. The van der Waals surface area contributed by atoms with E-state index >= 15 is 0 Å². The third-order valence-corrected chi connectivity index (χ3v) is 3.25. The van der Waals surface area contributed by atoms with Crippen molar-refractivity contribution in [2.24, 2.45) is 5.73 Å². The van der Waals surface area contributed by atoms with Crippen LogP contribution in [0, 0.1) is 0 Å². The number of carbonyl (C=O) groups is 3. The number of nitrogens with two attached hydrogens (primary N) is 1. The van der Waals surface area contributed by atoms with Gasteiger partial charge in [0, 0.05) is 11.6 Å². The molecule has 0 radical (unpaired) electrons. The number of hydrogen-bond donors (Lipinski definition) is 3. The van der Waals surface area contributed by atoms with E-state index in [0.717, 1.165) is 5.56 Å². The van der Waals surface area contributed by atoms with Gasteiger partial charge in [0.25, 0.3) is 0 Å². The minimum Gasteiger partial charge on any atom is -0.474 e. The first-order chi connectivity index (χ1) is 11.4. The highest BCUT2D eigenvalue weighted by Crippen LogP contribution is 2.28. The number of carbonyl (C=O) groups excluding carboxylic acids is 2. The van der Waals surface area contributed by atoms with Crippen LogP contribution in [0.15, 0.2) is 42.5 Å². The highest BCUT2D eigenvalue weighted by Gasteiger charge is 2.17. The van der Waals surface area contributed by atoms with E-state index in [0.29, 0.717) is 6.54 Å². The molecule has 0 saturated carbocycles. The van der Waals surface area contributed by atoms with Crippen LogP contribution in [0.4, 0.5) is 5.69 Å². The minimum atomic E-state index is -1.68. The number of rotatable bonds is 4. The molecule has 0 aliphatic heterocycles. The Bertz CT molecular complexity index is 790. The van der Waals surface area contributed by atoms with E-state index in [1.807, 2.05) is 0 Å². The molecular weight excluding hydrogens is 336 g/mol. The van der Waals surface area contributed by atoms with Gasteiger partial charge in [-0.25, -0.2) is 9.59 Å². The maximum Gasteiger partial charge on any atom is 0.394 e. The van der Waals surface area contributed by atoms with Crippen LogP contribution in [-0.4, -0.2) is 23.0 Å². The van der Waals surface area contributed by atoms with Crippen LogP contribution in [0.25, 0.3) is 0 Å². The summed E-state index contributed by atoms with van der Waals surface area (Å²) in [5.74, 6) is -3.65. The molecule has 4 N–H and O–H groups in total. The largest absolute Gasteiger partial charge is 0.474 e. The van der Waals surface area contributed by atoms with Crippen LogP contribution in [0.5, 0.6) is 5.75 Å². The van der Waals surface area contributed by atoms with Gasteiger partial charge in [-0.05, 0) is 35.9 Å². The Morgan fingerprint density at radius 1 is 1.12 bits per heavy atom. The van der Waals surface area contributed by atoms with Gasteiger partial charge in [-0.2, -0.15) is 0 Å². The first-order valence-electron chi connectivity index (χ1n) is 6.75. The molecule has 0 aliphatic carbocycles. The van der Waals surface area contributed by atoms with Crippen molar-refractivity contribution in [1.82, 2.24) is 0 Å². The van der Waals surface area contributed by atoms with Gasteiger partial charge in [0.15, 0.2) is 5.75 Å². The Morgan fingerprint density at radius 3 is 2.38 bits per heavy atom. The molecule has 0 bridgehead atoms. The van der Waals surface area contributed by atoms with E-state index in [2.05, 4.69) is 5.32 Å². The Labute approximate surface area is 142 Å². The number of carboxylic acid groups (broad SMARTS) is 1. The molecule has 2 rings (SSSR count). The van der Waals surface area contributed by atoms with E-state index in [1.54, 1.807) is 24.3 Å². The zero-order valence-electron chi connectivity index (χ0n) is 12.3. The maximum atomic E-state index is 12.2. The molecule has 0 saturated heterocycles. The van der Waals surface area contributed by atoms with Gasteiger partial charge in [0.05, 0.1) is 11.3 Å². The number of hydrogen-bond acceptors (Lipinski definition) is 5. The highest BCUT2D eigenvalue weighted by molar-refractivity contribution is 6.37. The van der Waals surface area contributed by atoms with Crippen LogP contribution < -0.4 is 15.8 Å². The van der Waals surface area contributed by atoms with Gasteiger partial charge in [-0.15, -0.1) is 0 Å². The smallest absolute Gasteiger partial charge is 0.394 e. The van der Waals surface area contributed by atoms with Crippen LogP contribution >= 0.6 is 11.6 Å². The van der Waals surface area contributed by atoms with Crippen molar-refractivity contribution in [3.8, 4) is 5.75 Å². The molecule has 0 aromatic heterocycles. The molecule has 7 nitrogen and oxygen atoms in total. The number of aliphatic carboxylic acids is 1. The second kappa shape index (κ2) is 7.58. The summed E-state index contributed by atoms with van der Waals surface area (Å²) in [6.45, 7) is 0.345. The Kier molecular flexibility index (Phi) is 5.51. The number of esters is 1.